The molecule has 0 saturated carbocycles. The molecule has 0 aliphatic heterocycles. The summed E-state index contributed by atoms with van der Waals surface area (Å²) >= 11 is 3.56. The van der Waals surface area contributed by atoms with Gasteiger partial charge < -0.3 is 14.8 Å². The summed E-state index contributed by atoms with van der Waals surface area (Å²) in [6.45, 7) is 0. The van der Waals surface area contributed by atoms with Crippen LogP contribution in [0.2, 0.25) is 0 Å². The number of halogens is 1. The van der Waals surface area contributed by atoms with Crippen molar-refractivity contribution in [1.29, 1.82) is 0 Å². The molecule has 0 bridgehead atoms. The maximum Gasteiger partial charge on any atom is 0.307 e. The molecule has 0 spiro atoms. The van der Waals surface area contributed by atoms with Crippen LogP contribution in [0.5, 0.6) is 11.5 Å². The number of aromatic amines is 1. The van der Waals surface area contributed by atoms with Gasteiger partial charge in [-0.2, -0.15) is 0 Å². The van der Waals surface area contributed by atoms with Gasteiger partial charge in [0, 0.05) is 20.9 Å². The quantitative estimate of drug-likeness (QED) is 0.414. The van der Waals surface area contributed by atoms with Crippen molar-refractivity contribution in [3.63, 3.8) is 0 Å². The maximum absolute atomic E-state index is 11.5. The van der Waals surface area contributed by atoms with Gasteiger partial charge in [-0.25, -0.2) is 0 Å². The second-order valence-corrected chi connectivity index (χ2v) is 7.01. The summed E-state index contributed by atoms with van der Waals surface area (Å²) in [5.74, 6) is 0.523. The first-order valence-electron chi connectivity index (χ1n) is 8.46. The highest BCUT2D eigenvalue weighted by Crippen LogP contribution is 2.36. The molecule has 5 heteroatoms. The van der Waals surface area contributed by atoms with Crippen molar-refractivity contribution in [1.82, 2.24) is 4.98 Å². The molecule has 134 valence electrons. The maximum atomic E-state index is 11.5. The van der Waals surface area contributed by atoms with Gasteiger partial charge >= 0.3 is 5.97 Å². The molecular formula is C22H16BrNO3. The molecule has 0 fully saturated rings. The highest BCUT2D eigenvalue weighted by atomic mass is 79.9. The molecule has 1 heterocycles. The SMILES string of the molecule is O=C(O)Cc1c(-c2ccccc2Br)[nH]c2ccc(Oc3ccccc3)cc12. The van der Waals surface area contributed by atoms with E-state index < -0.39 is 5.97 Å². The molecule has 4 nitrogen and oxygen atoms in total. The first kappa shape index (κ1) is 17.4. The molecule has 0 atom stereocenters. The van der Waals surface area contributed by atoms with Gasteiger partial charge in [0.1, 0.15) is 11.5 Å². The minimum atomic E-state index is -0.876. The van der Waals surface area contributed by atoms with Gasteiger partial charge in [-0.15, -0.1) is 0 Å². The van der Waals surface area contributed by atoms with Crippen molar-refractivity contribution in [2.45, 2.75) is 6.42 Å². The fourth-order valence-corrected chi connectivity index (χ4v) is 3.63. The average Bonchev–Trinajstić information content (AvgIpc) is 3.00. The number of carboxylic acids is 1. The van der Waals surface area contributed by atoms with Crippen LogP contribution in [0.25, 0.3) is 22.2 Å². The van der Waals surface area contributed by atoms with Crippen LogP contribution in [0.1, 0.15) is 5.56 Å². The van der Waals surface area contributed by atoms with Crippen molar-refractivity contribution >= 4 is 32.8 Å². The summed E-state index contributed by atoms with van der Waals surface area (Å²) < 4.78 is 6.82. The van der Waals surface area contributed by atoms with E-state index in [1.807, 2.05) is 72.8 Å². The minimum Gasteiger partial charge on any atom is -0.481 e. The van der Waals surface area contributed by atoms with E-state index in [0.717, 1.165) is 37.9 Å². The molecule has 4 rings (SSSR count). The summed E-state index contributed by atoms with van der Waals surface area (Å²) in [7, 11) is 0. The van der Waals surface area contributed by atoms with Gasteiger partial charge in [-0.05, 0) is 42.0 Å². The number of hydrogen-bond acceptors (Lipinski definition) is 2. The van der Waals surface area contributed by atoms with E-state index >= 15 is 0 Å². The number of benzene rings is 3. The van der Waals surface area contributed by atoms with Crippen molar-refractivity contribution in [2.75, 3.05) is 0 Å². The number of rotatable bonds is 5. The summed E-state index contributed by atoms with van der Waals surface area (Å²) in [6, 6.07) is 22.9. The van der Waals surface area contributed by atoms with E-state index in [9.17, 15) is 9.90 Å². The summed E-state index contributed by atoms with van der Waals surface area (Å²) in [6.07, 6.45) is -0.0779. The van der Waals surface area contributed by atoms with Gasteiger partial charge in [0.05, 0.1) is 12.1 Å². The molecule has 2 N–H and O–H groups in total. The molecule has 0 saturated heterocycles. The van der Waals surface area contributed by atoms with Crippen LogP contribution < -0.4 is 4.74 Å². The molecule has 27 heavy (non-hydrogen) atoms. The number of aliphatic carboxylic acids is 1. The zero-order chi connectivity index (χ0) is 18.8. The number of carbonyl (C=O) groups is 1. The van der Waals surface area contributed by atoms with Crippen molar-refractivity contribution in [3.05, 3.63) is 82.8 Å². The number of ether oxygens (including phenoxy) is 1. The number of nitrogens with one attached hydrogen (secondary N) is 1. The van der Waals surface area contributed by atoms with Crippen LogP contribution in [0.3, 0.4) is 0 Å². The van der Waals surface area contributed by atoms with Crippen LogP contribution in [0.15, 0.2) is 77.3 Å². The molecule has 1 aromatic heterocycles. The standard InChI is InChI=1S/C22H16BrNO3/c23-19-9-5-4-8-16(19)22-18(13-21(25)26)17-12-15(10-11-20(17)24-22)27-14-6-2-1-3-7-14/h1-12,24H,13H2,(H,25,26). The van der Waals surface area contributed by atoms with Gasteiger partial charge in [-0.1, -0.05) is 52.3 Å². The highest BCUT2D eigenvalue weighted by Gasteiger charge is 2.18. The second kappa shape index (κ2) is 7.29. The van der Waals surface area contributed by atoms with Crippen LogP contribution in [0, 0.1) is 0 Å². The second-order valence-electron chi connectivity index (χ2n) is 6.15. The lowest BCUT2D eigenvalue weighted by Gasteiger charge is -2.07. The number of hydrogen-bond donors (Lipinski definition) is 2. The topological polar surface area (TPSA) is 62.3 Å². The average molecular weight is 422 g/mol. The van der Waals surface area contributed by atoms with Crippen LogP contribution in [-0.2, 0) is 11.2 Å². The zero-order valence-electron chi connectivity index (χ0n) is 14.3. The fraction of sp³-hybridized carbons (Fsp3) is 0.0455. The van der Waals surface area contributed by atoms with Crippen molar-refractivity contribution < 1.29 is 14.6 Å². The van der Waals surface area contributed by atoms with Crippen molar-refractivity contribution in [3.8, 4) is 22.8 Å². The van der Waals surface area contributed by atoms with Crippen molar-refractivity contribution in [2.24, 2.45) is 0 Å². The molecule has 0 unspecified atom stereocenters. The third kappa shape index (κ3) is 3.59. The largest absolute Gasteiger partial charge is 0.481 e. The molecule has 0 aliphatic carbocycles. The number of para-hydroxylation sites is 1. The Morgan fingerprint density at radius 1 is 0.963 bits per heavy atom. The third-order valence-electron chi connectivity index (χ3n) is 4.33. The van der Waals surface area contributed by atoms with E-state index in [2.05, 4.69) is 20.9 Å². The Bertz CT molecular complexity index is 1120. The molecule has 0 amide bonds. The van der Waals surface area contributed by atoms with E-state index in [0.29, 0.717) is 5.75 Å². The lowest BCUT2D eigenvalue weighted by molar-refractivity contribution is -0.136. The Morgan fingerprint density at radius 2 is 1.70 bits per heavy atom. The van der Waals surface area contributed by atoms with E-state index in [1.165, 1.54) is 0 Å². The molecule has 0 radical (unpaired) electrons. The monoisotopic (exact) mass is 421 g/mol. The van der Waals surface area contributed by atoms with Crippen LogP contribution in [0.4, 0.5) is 0 Å². The summed E-state index contributed by atoms with van der Waals surface area (Å²) in [4.78, 5) is 14.9. The predicted molar refractivity (Wildman–Crippen MR) is 109 cm³/mol. The Balaban J connectivity index is 1.85. The van der Waals surface area contributed by atoms with Gasteiger partial charge in [0.15, 0.2) is 0 Å². The molecular weight excluding hydrogens is 406 g/mol. The summed E-state index contributed by atoms with van der Waals surface area (Å²) in [5.41, 5.74) is 3.34. The number of aromatic nitrogens is 1. The number of H-pyrrole nitrogens is 1. The first-order valence-corrected chi connectivity index (χ1v) is 9.25. The zero-order valence-corrected chi connectivity index (χ0v) is 15.9. The Morgan fingerprint density at radius 3 is 2.44 bits per heavy atom. The van der Waals surface area contributed by atoms with Crippen LogP contribution in [-0.4, -0.2) is 16.1 Å². The Hall–Kier alpha value is -3.05. The lowest BCUT2D eigenvalue weighted by Crippen LogP contribution is -2.01. The lowest BCUT2D eigenvalue weighted by atomic mass is 10.0. The normalized spacial score (nSPS) is 10.9. The van der Waals surface area contributed by atoms with E-state index in [-0.39, 0.29) is 6.42 Å². The van der Waals surface area contributed by atoms with Gasteiger partial charge in [0.25, 0.3) is 0 Å². The first-order chi connectivity index (χ1) is 13.1. The smallest absolute Gasteiger partial charge is 0.307 e. The van der Waals surface area contributed by atoms with Gasteiger partial charge in [0.2, 0.25) is 0 Å². The predicted octanol–water partition coefficient (Wildman–Crippen LogP) is 6.02. The number of fused-ring (bicyclic) bond motifs is 1. The minimum absolute atomic E-state index is 0.0779. The van der Waals surface area contributed by atoms with E-state index in [1.54, 1.807) is 0 Å². The third-order valence-corrected chi connectivity index (χ3v) is 5.02. The molecule has 4 aromatic rings. The molecule has 0 aliphatic rings. The summed E-state index contributed by atoms with van der Waals surface area (Å²) in [5, 5.41) is 10.3. The Labute approximate surface area is 164 Å². The van der Waals surface area contributed by atoms with E-state index in [4.69, 9.17) is 4.74 Å². The Kier molecular flexibility index (Phi) is 4.69. The van der Waals surface area contributed by atoms with Crippen LogP contribution >= 0.6 is 15.9 Å². The highest BCUT2D eigenvalue weighted by molar-refractivity contribution is 9.10. The number of carboxylic acid groups (broad SMARTS) is 1. The van der Waals surface area contributed by atoms with Gasteiger partial charge in [-0.3, -0.25) is 4.79 Å². The molecule has 3 aromatic carbocycles. The fourth-order valence-electron chi connectivity index (χ4n) is 3.14.